The van der Waals surface area contributed by atoms with E-state index in [2.05, 4.69) is 9.17 Å². The number of nitrogens with zero attached hydrogens (tertiary/aromatic N) is 1. The van der Waals surface area contributed by atoms with Crippen molar-refractivity contribution >= 4 is 10.1 Å². The highest BCUT2D eigenvalue weighted by atomic mass is 32.2. The Morgan fingerprint density at radius 2 is 2.19 bits per heavy atom. The van der Waals surface area contributed by atoms with E-state index in [1.165, 1.54) is 19.5 Å². The van der Waals surface area contributed by atoms with Gasteiger partial charge in [-0.25, -0.2) is 9.36 Å². The summed E-state index contributed by atoms with van der Waals surface area (Å²) in [6.07, 6.45) is 1.18. The van der Waals surface area contributed by atoms with Gasteiger partial charge in [-0.15, -0.1) is 0 Å². The minimum atomic E-state index is -3.67. The molecule has 1 aliphatic rings. The van der Waals surface area contributed by atoms with E-state index >= 15 is 0 Å². The minimum absolute atomic E-state index is 0.356. The topological polar surface area (TPSA) is 128 Å². The van der Waals surface area contributed by atoms with Gasteiger partial charge in [0.1, 0.15) is 5.60 Å². The Morgan fingerprint density at radius 3 is 2.76 bits per heavy atom. The van der Waals surface area contributed by atoms with Gasteiger partial charge >= 0.3 is 5.69 Å². The molecule has 117 valence electrons. The van der Waals surface area contributed by atoms with E-state index in [-0.39, 0.29) is 6.61 Å². The molecule has 2 heterocycles. The lowest BCUT2D eigenvalue weighted by molar-refractivity contribution is -0.0881. The molecule has 0 aromatic carbocycles. The number of nitrogens with one attached hydrogen (secondary N) is 1. The Kier molecular flexibility index (Phi) is 4.06. The van der Waals surface area contributed by atoms with E-state index in [9.17, 15) is 23.1 Å². The van der Waals surface area contributed by atoms with Crippen molar-refractivity contribution in [3.63, 3.8) is 0 Å². The first-order valence-corrected chi connectivity index (χ1v) is 7.80. The van der Waals surface area contributed by atoms with Gasteiger partial charge in [-0.1, -0.05) is 0 Å². The lowest BCUT2D eigenvalue weighted by Crippen LogP contribution is -2.44. The van der Waals surface area contributed by atoms with Crippen LogP contribution in [0.15, 0.2) is 21.9 Å². The molecule has 2 rings (SSSR count). The van der Waals surface area contributed by atoms with Gasteiger partial charge in [0, 0.05) is 18.7 Å². The molecule has 0 aliphatic carbocycles. The number of hydrogen-bond acceptors (Lipinski definition) is 7. The van der Waals surface area contributed by atoms with Crippen molar-refractivity contribution in [1.82, 2.24) is 9.55 Å². The predicted octanol–water partition coefficient (Wildman–Crippen LogP) is -1.63. The molecule has 0 saturated carbocycles. The zero-order valence-electron chi connectivity index (χ0n) is 11.3. The summed E-state index contributed by atoms with van der Waals surface area (Å²) in [5.74, 6) is 0. The number of H-pyrrole nitrogens is 1. The monoisotopic (exact) mass is 319 g/mol. The number of hydrogen-bond donors (Lipinski definition) is 2. The summed E-state index contributed by atoms with van der Waals surface area (Å²) in [5.41, 5.74) is -3.03. The fraction of sp³-hybridized carbons (Fsp3) is 0.545. The van der Waals surface area contributed by atoms with Crippen LogP contribution in [0.1, 0.15) is 13.2 Å². The maximum atomic E-state index is 11.7. The molecule has 0 spiro atoms. The van der Waals surface area contributed by atoms with Crippen LogP contribution in [-0.2, 0) is 19.0 Å². The van der Waals surface area contributed by atoms with Crippen molar-refractivity contribution in [2.24, 2.45) is 0 Å². The zero-order valence-corrected chi connectivity index (χ0v) is 12.2. The van der Waals surface area contributed by atoms with Crippen LogP contribution in [0, 0.1) is 6.42 Å². The number of aromatic amines is 1. The summed E-state index contributed by atoms with van der Waals surface area (Å²) >= 11 is 0. The van der Waals surface area contributed by atoms with Crippen LogP contribution < -0.4 is 11.2 Å². The Labute approximate surface area is 120 Å². The quantitative estimate of drug-likeness (QED) is 0.637. The average molecular weight is 319 g/mol. The lowest BCUT2D eigenvalue weighted by atomic mass is 10.0. The fourth-order valence-corrected chi connectivity index (χ4v) is 2.44. The van der Waals surface area contributed by atoms with Crippen LogP contribution >= 0.6 is 0 Å². The Morgan fingerprint density at radius 1 is 1.52 bits per heavy atom. The summed E-state index contributed by atoms with van der Waals surface area (Å²) in [5, 5.41) is 10.3. The molecule has 1 saturated heterocycles. The second kappa shape index (κ2) is 5.37. The van der Waals surface area contributed by atoms with E-state index < -0.39 is 39.3 Å². The van der Waals surface area contributed by atoms with E-state index in [1.807, 2.05) is 0 Å². The van der Waals surface area contributed by atoms with Gasteiger partial charge in [-0.3, -0.25) is 8.98 Å². The van der Waals surface area contributed by atoms with E-state index in [1.54, 1.807) is 0 Å². The number of aromatic nitrogens is 2. The van der Waals surface area contributed by atoms with Gasteiger partial charge in [-0.05, 0) is 6.92 Å². The third-order valence-electron chi connectivity index (χ3n) is 2.90. The smallest absolute Gasteiger partial charge is 0.330 e. The van der Waals surface area contributed by atoms with Crippen LogP contribution in [0.25, 0.3) is 0 Å². The van der Waals surface area contributed by atoms with Gasteiger partial charge in [0.25, 0.3) is 15.7 Å². The highest BCUT2D eigenvalue weighted by molar-refractivity contribution is 7.85. The van der Waals surface area contributed by atoms with Crippen molar-refractivity contribution in [3.8, 4) is 0 Å². The van der Waals surface area contributed by atoms with Crippen molar-refractivity contribution in [3.05, 3.63) is 39.5 Å². The molecular weight excluding hydrogens is 304 g/mol. The first kappa shape index (κ1) is 15.9. The molecule has 1 aliphatic heterocycles. The molecule has 0 unspecified atom stereocenters. The van der Waals surface area contributed by atoms with Crippen molar-refractivity contribution in [2.45, 2.75) is 24.9 Å². The summed E-state index contributed by atoms with van der Waals surface area (Å²) in [4.78, 5) is 25.8. The largest absolute Gasteiger partial charge is 0.385 e. The highest BCUT2D eigenvalue weighted by Crippen LogP contribution is 2.35. The first-order valence-electron chi connectivity index (χ1n) is 5.99. The second-order valence-corrected chi connectivity index (χ2v) is 6.54. The average Bonchev–Trinajstić information content (AvgIpc) is 2.61. The van der Waals surface area contributed by atoms with Gasteiger partial charge in [-0.2, -0.15) is 8.42 Å². The molecule has 10 heteroatoms. The van der Waals surface area contributed by atoms with Crippen LogP contribution in [0.4, 0.5) is 0 Å². The highest BCUT2D eigenvalue weighted by Gasteiger charge is 2.46. The Hall–Kier alpha value is -1.49. The molecular formula is C11H15N2O7S. The van der Waals surface area contributed by atoms with Crippen molar-refractivity contribution < 1.29 is 22.4 Å². The van der Waals surface area contributed by atoms with Crippen molar-refractivity contribution in [2.75, 3.05) is 12.9 Å². The van der Waals surface area contributed by atoms with Crippen LogP contribution in [0.2, 0.25) is 0 Å². The Bertz CT molecular complexity index is 705. The molecule has 21 heavy (non-hydrogen) atoms. The molecule has 1 aromatic rings. The third kappa shape index (κ3) is 3.59. The molecule has 1 fully saturated rings. The summed E-state index contributed by atoms with van der Waals surface area (Å²) in [6, 6.07) is 1.11. The zero-order chi connectivity index (χ0) is 15.8. The summed E-state index contributed by atoms with van der Waals surface area (Å²) < 4.78 is 32.6. The standard InChI is InChI=1S/C11H15N2O7S/c1-11(16)5-7(6-19-21(2,17)18)20-9(11)13-8(14)3-4-12-10(13)15/h3-5,7,9,16H,6H2,1-2H3,(H,12,15)/t7-,9-,11+/m1/s1. The lowest BCUT2D eigenvalue weighted by Gasteiger charge is -2.24. The number of ether oxygens (including phenoxy) is 1. The van der Waals surface area contributed by atoms with Gasteiger partial charge < -0.3 is 14.8 Å². The molecule has 9 nitrogen and oxygen atoms in total. The number of aliphatic hydroxyl groups is 1. The third-order valence-corrected chi connectivity index (χ3v) is 3.46. The normalized spacial score (nSPS) is 29.7. The fourth-order valence-electron chi connectivity index (χ4n) is 2.06. The molecule has 1 aromatic heterocycles. The molecule has 1 radical (unpaired) electrons. The van der Waals surface area contributed by atoms with E-state index in [0.29, 0.717) is 0 Å². The molecule has 0 bridgehead atoms. The molecule has 0 amide bonds. The van der Waals surface area contributed by atoms with Gasteiger partial charge in [0.15, 0.2) is 6.23 Å². The van der Waals surface area contributed by atoms with Crippen molar-refractivity contribution in [1.29, 1.82) is 0 Å². The second-order valence-electron chi connectivity index (χ2n) is 4.90. The molecule has 2 N–H and O–H groups in total. The van der Waals surface area contributed by atoms with Crippen LogP contribution in [0.3, 0.4) is 0 Å². The van der Waals surface area contributed by atoms with E-state index in [0.717, 1.165) is 16.9 Å². The molecule has 3 atom stereocenters. The maximum Gasteiger partial charge on any atom is 0.330 e. The number of rotatable bonds is 4. The Balaban J connectivity index is 2.26. The van der Waals surface area contributed by atoms with Crippen LogP contribution in [0.5, 0.6) is 0 Å². The van der Waals surface area contributed by atoms with E-state index in [4.69, 9.17) is 4.74 Å². The van der Waals surface area contributed by atoms with Gasteiger partial charge in [0.2, 0.25) is 0 Å². The SMILES string of the molecule is C[C@]1(O)[CH][C@H](COS(C)(=O)=O)O[C@H]1n1c(=O)cc[nH]c1=O. The summed E-state index contributed by atoms with van der Waals surface area (Å²) in [6.45, 7) is 0.988. The summed E-state index contributed by atoms with van der Waals surface area (Å²) in [7, 11) is -3.67. The predicted molar refractivity (Wildman–Crippen MR) is 71.0 cm³/mol. The van der Waals surface area contributed by atoms with Gasteiger partial charge in [0.05, 0.1) is 19.0 Å². The van der Waals surface area contributed by atoms with Crippen LogP contribution in [-0.4, -0.2) is 47.6 Å². The minimum Gasteiger partial charge on any atom is -0.385 e. The maximum absolute atomic E-state index is 11.7. The first-order chi connectivity index (χ1) is 9.60.